The molecule has 1 aromatic rings. The predicted molar refractivity (Wildman–Crippen MR) is 67.0 cm³/mol. The molecule has 1 atom stereocenters. The van der Waals surface area contributed by atoms with Gasteiger partial charge in [-0.3, -0.25) is 4.98 Å². The Kier molecular flexibility index (Phi) is 4.44. The highest BCUT2D eigenvalue weighted by Gasteiger charge is 2.20. The monoisotopic (exact) mass is 258 g/mol. The van der Waals surface area contributed by atoms with Gasteiger partial charge in [-0.2, -0.15) is 0 Å². The van der Waals surface area contributed by atoms with Crippen molar-refractivity contribution in [1.82, 2.24) is 14.6 Å². The lowest BCUT2D eigenvalue weighted by molar-refractivity contribution is 0.370. The van der Waals surface area contributed by atoms with Gasteiger partial charge in [0.2, 0.25) is 10.0 Å². The van der Waals surface area contributed by atoms with Crippen molar-refractivity contribution in [1.29, 1.82) is 0 Å². The highest BCUT2D eigenvalue weighted by molar-refractivity contribution is 7.89. The van der Waals surface area contributed by atoms with Crippen LogP contribution >= 0.6 is 0 Å². The number of nitrogens with two attached hydrogens (primary N) is 1. The summed E-state index contributed by atoms with van der Waals surface area (Å²) >= 11 is 0. The fraction of sp³-hybridized carbons (Fsp3) is 0.500. The van der Waals surface area contributed by atoms with Crippen molar-refractivity contribution < 1.29 is 8.42 Å². The molecule has 0 radical (unpaired) electrons. The fourth-order valence-corrected chi connectivity index (χ4v) is 2.84. The first-order valence-electron chi connectivity index (χ1n) is 5.19. The van der Waals surface area contributed by atoms with Crippen molar-refractivity contribution in [3.63, 3.8) is 0 Å². The summed E-state index contributed by atoms with van der Waals surface area (Å²) in [5, 5.41) is 0. The van der Waals surface area contributed by atoms with E-state index in [1.807, 2.05) is 19.0 Å². The second-order valence-electron chi connectivity index (χ2n) is 4.20. The van der Waals surface area contributed by atoms with Gasteiger partial charge in [-0.1, -0.05) is 0 Å². The van der Waals surface area contributed by atoms with Crippen LogP contribution in [0.2, 0.25) is 0 Å². The molecule has 17 heavy (non-hydrogen) atoms. The van der Waals surface area contributed by atoms with Crippen LogP contribution in [0.25, 0.3) is 0 Å². The van der Waals surface area contributed by atoms with E-state index in [4.69, 9.17) is 5.73 Å². The number of sulfonamides is 1. The van der Waals surface area contributed by atoms with Gasteiger partial charge >= 0.3 is 0 Å². The zero-order valence-electron chi connectivity index (χ0n) is 10.2. The first kappa shape index (κ1) is 13.9. The first-order chi connectivity index (χ1) is 7.83. The van der Waals surface area contributed by atoms with Crippen LogP contribution in [0.4, 0.5) is 5.69 Å². The molecule has 0 saturated carbocycles. The zero-order chi connectivity index (χ0) is 13.1. The summed E-state index contributed by atoms with van der Waals surface area (Å²) in [6, 6.07) is 1.26. The minimum absolute atomic E-state index is 0.0191. The highest BCUT2D eigenvalue weighted by atomic mass is 32.2. The average molecular weight is 258 g/mol. The lowest BCUT2D eigenvalue weighted by Gasteiger charge is -2.18. The summed E-state index contributed by atoms with van der Waals surface area (Å²) in [4.78, 5) is 5.69. The Morgan fingerprint density at radius 1 is 1.53 bits per heavy atom. The molecular weight excluding hydrogens is 240 g/mol. The summed E-state index contributed by atoms with van der Waals surface area (Å²) in [5.41, 5.74) is 5.81. The molecule has 3 N–H and O–H groups in total. The molecule has 0 aliphatic rings. The van der Waals surface area contributed by atoms with Gasteiger partial charge in [-0.05, 0) is 27.1 Å². The molecule has 0 aromatic carbocycles. The van der Waals surface area contributed by atoms with E-state index in [2.05, 4.69) is 9.71 Å². The molecule has 1 heterocycles. The van der Waals surface area contributed by atoms with Crippen LogP contribution in [0.1, 0.15) is 6.92 Å². The van der Waals surface area contributed by atoms with Gasteiger partial charge in [-0.15, -0.1) is 0 Å². The number of pyridine rings is 1. The van der Waals surface area contributed by atoms with Gasteiger partial charge in [-0.25, -0.2) is 13.1 Å². The van der Waals surface area contributed by atoms with Gasteiger partial charge in [0, 0.05) is 25.0 Å². The second-order valence-corrected chi connectivity index (χ2v) is 5.88. The first-order valence-corrected chi connectivity index (χ1v) is 6.68. The predicted octanol–water partition coefficient (Wildman–Crippen LogP) is -0.108. The molecule has 0 saturated heterocycles. The molecule has 6 nitrogen and oxygen atoms in total. The van der Waals surface area contributed by atoms with Gasteiger partial charge in [0.15, 0.2) is 0 Å². The summed E-state index contributed by atoms with van der Waals surface area (Å²) < 4.78 is 26.5. The van der Waals surface area contributed by atoms with Crippen molar-refractivity contribution >= 4 is 15.7 Å². The summed E-state index contributed by atoms with van der Waals surface area (Å²) in [7, 11) is 0.156. The van der Waals surface area contributed by atoms with E-state index in [0.29, 0.717) is 6.54 Å². The number of rotatable bonds is 5. The van der Waals surface area contributed by atoms with E-state index in [9.17, 15) is 8.42 Å². The van der Waals surface area contributed by atoms with E-state index >= 15 is 0 Å². The van der Waals surface area contributed by atoms with Crippen LogP contribution in [-0.2, 0) is 10.0 Å². The third-order valence-electron chi connectivity index (χ3n) is 2.10. The van der Waals surface area contributed by atoms with E-state index in [0.717, 1.165) is 0 Å². The third-order valence-corrected chi connectivity index (χ3v) is 3.73. The summed E-state index contributed by atoms with van der Waals surface area (Å²) in [6.07, 6.45) is 2.71. The number of nitrogen functional groups attached to an aromatic ring is 1. The van der Waals surface area contributed by atoms with Gasteiger partial charge < -0.3 is 10.6 Å². The number of nitrogens with zero attached hydrogens (tertiary/aromatic N) is 2. The number of anilines is 1. The molecule has 0 amide bonds. The molecule has 1 rings (SSSR count). The van der Waals surface area contributed by atoms with E-state index in [-0.39, 0.29) is 16.6 Å². The Labute approximate surface area is 102 Å². The van der Waals surface area contributed by atoms with Gasteiger partial charge in [0.05, 0.1) is 5.69 Å². The Morgan fingerprint density at radius 2 is 2.18 bits per heavy atom. The quantitative estimate of drug-likeness (QED) is 0.769. The largest absolute Gasteiger partial charge is 0.398 e. The molecular formula is C10H18N4O2S. The van der Waals surface area contributed by atoms with Crippen molar-refractivity contribution in [2.24, 2.45) is 0 Å². The molecule has 0 bridgehead atoms. The van der Waals surface area contributed by atoms with Crippen LogP contribution in [-0.4, -0.2) is 45.0 Å². The highest BCUT2D eigenvalue weighted by Crippen LogP contribution is 2.15. The molecule has 0 fully saturated rings. The second kappa shape index (κ2) is 5.44. The maximum atomic E-state index is 12.0. The number of hydrogen-bond acceptors (Lipinski definition) is 5. The average Bonchev–Trinajstić information content (AvgIpc) is 2.15. The molecule has 96 valence electrons. The lowest BCUT2D eigenvalue weighted by Crippen LogP contribution is -2.39. The molecule has 0 aliphatic carbocycles. The Balaban J connectivity index is 2.86. The molecule has 1 aromatic heterocycles. The van der Waals surface area contributed by atoms with Crippen LogP contribution in [0, 0.1) is 0 Å². The zero-order valence-corrected chi connectivity index (χ0v) is 11.0. The maximum absolute atomic E-state index is 12.0. The van der Waals surface area contributed by atoms with Crippen molar-refractivity contribution in [3.05, 3.63) is 18.5 Å². The third kappa shape index (κ3) is 3.95. The minimum atomic E-state index is -3.60. The Hall–Kier alpha value is -1.18. The van der Waals surface area contributed by atoms with E-state index < -0.39 is 10.0 Å². The van der Waals surface area contributed by atoms with Crippen LogP contribution in [0.15, 0.2) is 23.4 Å². The van der Waals surface area contributed by atoms with Crippen molar-refractivity contribution in [3.8, 4) is 0 Å². The maximum Gasteiger partial charge on any atom is 0.244 e. The minimum Gasteiger partial charge on any atom is -0.398 e. The number of likely N-dealkylation sites (N-methyl/N-ethyl adjacent to an activating group) is 1. The Bertz CT molecular complexity index is 473. The molecule has 1 unspecified atom stereocenters. The van der Waals surface area contributed by atoms with Gasteiger partial charge in [0.25, 0.3) is 0 Å². The SMILES string of the molecule is CC(CN(C)C)NS(=O)(=O)c1cnccc1N. The van der Waals surface area contributed by atoms with Crippen LogP contribution in [0.3, 0.4) is 0 Å². The van der Waals surface area contributed by atoms with Gasteiger partial charge in [0.1, 0.15) is 4.90 Å². The van der Waals surface area contributed by atoms with Crippen molar-refractivity contribution in [2.45, 2.75) is 17.9 Å². The normalized spacial score (nSPS) is 13.9. The van der Waals surface area contributed by atoms with E-state index in [1.165, 1.54) is 18.5 Å². The standard InChI is InChI=1S/C10H18N4O2S/c1-8(7-14(2)3)13-17(15,16)10-6-12-5-4-9(10)11/h4-6,8,13H,7H2,1-3H3,(H2,11,12). The van der Waals surface area contributed by atoms with Crippen molar-refractivity contribution in [2.75, 3.05) is 26.4 Å². The number of hydrogen-bond donors (Lipinski definition) is 2. The number of aromatic nitrogens is 1. The molecule has 0 aliphatic heterocycles. The topological polar surface area (TPSA) is 88.3 Å². The molecule has 7 heteroatoms. The fourth-order valence-electron chi connectivity index (χ4n) is 1.53. The smallest absolute Gasteiger partial charge is 0.244 e. The molecule has 0 spiro atoms. The van der Waals surface area contributed by atoms with Crippen LogP contribution in [0.5, 0.6) is 0 Å². The summed E-state index contributed by atoms with van der Waals surface area (Å²) in [6.45, 7) is 2.41. The van der Waals surface area contributed by atoms with E-state index in [1.54, 1.807) is 6.92 Å². The number of nitrogens with one attached hydrogen (secondary N) is 1. The lowest BCUT2D eigenvalue weighted by atomic mass is 10.3. The van der Waals surface area contributed by atoms with Crippen LogP contribution < -0.4 is 10.5 Å². The summed E-state index contributed by atoms with van der Waals surface area (Å²) in [5.74, 6) is 0. The Morgan fingerprint density at radius 3 is 2.71 bits per heavy atom.